The maximum Gasteiger partial charge on any atom is 0.165 e. The largest absolute Gasteiger partial charge is 0.505 e. The summed E-state index contributed by atoms with van der Waals surface area (Å²) in [5, 5.41) is 12.6. The predicted molar refractivity (Wildman–Crippen MR) is 69.3 cm³/mol. The van der Waals surface area contributed by atoms with E-state index in [0.717, 1.165) is 30.6 Å². The van der Waals surface area contributed by atoms with E-state index in [9.17, 15) is 4.39 Å². The predicted octanol–water partition coefficient (Wildman–Crippen LogP) is 3.29. The molecule has 1 heterocycles. The maximum absolute atomic E-state index is 13.2. The van der Waals surface area contributed by atoms with Crippen LogP contribution in [-0.4, -0.2) is 5.11 Å². The summed E-state index contributed by atoms with van der Waals surface area (Å²) in [6, 6.07) is 6.74. The molecule has 2 aromatic rings. The molecule has 100 valence electrons. The van der Waals surface area contributed by atoms with E-state index in [4.69, 9.17) is 9.52 Å². The van der Waals surface area contributed by atoms with E-state index in [1.54, 1.807) is 12.3 Å². The number of phenols is 1. The lowest BCUT2D eigenvalue weighted by Crippen LogP contribution is -2.24. The van der Waals surface area contributed by atoms with Gasteiger partial charge in [0.05, 0.1) is 6.26 Å². The second kappa shape index (κ2) is 5.05. The minimum absolute atomic E-state index is 0.263. The van der Waals surface area contributed by atoms with Gasteiger partial charge >= 0.3 is 0 Å². The highest BCUT2D eigenvalue weighted by Gasteiger charge is 2.21. The molecule has 1 aromatic heterocycles. The Balaban J connectivity index is 1.69. The molecule has 0 saturated heterocycles. The van der Waals surface area contributed by atoms with E-state index in [-0.39, 0.29) is 11.8 Å². The van der Waals surface area contributed by atoms with Gasteiger partial charge in [0.15, 0.2) is 11.6 Å². The van der Waals surface area contributed by atoms with Gasteiger partial charge in [-0.3, -0.25) is 0 Å². The second-order valence-corrected chi connectivity index (χ2v) is 4.91. The quantitative estimate of drug-likeness (QED) is 0.891. The average molecular weight is 261 g/mol. The summed E-state index contributed by atoms with van der Waals surface area (Å²) >= 11 is 0. The van der Waals surface area contributed by atoms with Crippen LogP contribution in [0, 0.1) is 5.82 Å². The third-order valence-corrected chi connectivity index (χ3v) is 3.62. The summed E-state index contributed by atoms with van der Waals surface area (Å²) < 4.78 is 18.7. The van der Waals surface area contributed by atoms with Crippen molar-refractivity contribution in [2.75, 3.05) is 0 Å². The molecule has 1 aliphatic carbocycles. The molecule has 0 radical (unpaired) electrons. The number of nitrogens with one attached hydrogen (secondary N) is 1. The minimum Gasteiger partial charge on any atom is -0.505 e. The Morgan fingerprint density at radius 2 is 2.26 bits per heavy atom. The van der Waals surface area contributed by atoms with E-state index in [1.807, 2.05) is 6.07 Å². The molecule has 0 saturated carbocycles. The number of aromatic hydroxyl groups is 1. The van der Waals surface area contributed by atoms with Gasteiger partial charge in [0.25, 0.3) is 0 Å². The molecule has 1 aliphatic rings. The molecule has 0 spiro atoms. The Bertz CT molecular complexity index is 579. The molecule has 2 N–H and O–H groups in total. The van der Waals surface area contributed by atoms with Crippen LogP contribution in [0.15, 0.2) is 34.9 Å². The molecular formula is C15H16FNO2. The van der Waals surface area contributed by atoms with Crippen LogP contribution in [0.25, 0.3) is 0 Å². The van der Waals surface area contributed by atoms with Crippen molar-refractivity contribution in [2.24, 2.45) is 0 Å². The maximum atomic E-state index is 13.2. The third kappa shape index (κ3) is 2.49. The van der Waals surface area contributed by atoms with Crippen LogP contribution >= 0.6 is 0 Å². The van der Waals surface area contributed by atoms with Gasteiger partial charge in [-0.2, -0.15) is 0 Å². The Morgan fingerprint density at radius 1 is 1.37 bits per heavy atom. The number of rotatable bonds is 3. The lowest BCUT2D eigenvalue weighted by atomic mass is 9.93. The van der Waals surface area contributed by atoms with Gasteiger partial charge in [0.1, 0.15) is 5.76 Å². The van der Waals surface area contributed by atoms with Gasteiger partial charge in [-0.1, -0.05) is 6.07 Å². The van der Waals surface area contributed by atoms with Crippen molar-refractivity contribution < 1.29 is 13.9 Å². The number of hydrogen-bond donors (Lipinski definition) is 2. The summed E-state index contributed by atoms with van der Waals surface area (Å²) in [4.78, 5) is 0. The number of aryl methyl sites for hydroxylation is 1. The monoisotopic (exact) mass is 261 g/mol. The first kappa shape index (κ1) is 12.2. The zero-order valence-electron chi connectivity index (χ0n) is 10.5. The first-order valence-corrected chi connectivity index (χ1v) is 6.51. The SMILES string of the molecule is Oc1ccc(CNC2CCCc3occc32)cc1F. The molecule has 1 atom stereocenters. The molecule has 0 fully saturated rings. The Labute approximate surface area is 111 Å². The molecule has 3 nitrogen and oxygen atoms in total. The van der Waals surface area contributed by atoms with E-state index < -0.39 is 5.82 Å². The Kier molecular flexibility index (Phi) is 3.25. The van der Waals surface area contributed by atoms with Gasteiger partial charge in [0.2, 0.25) is 0 Å². The van der Waals surface area contributed by atoms with E-state index in [0.29, 0.717) is 6.54 Å². The first-order valence-electron chi connectivity index (χ1n) is 6.51. The fourth-order valence-electron chi connectivity index (χ4n) is 2.60. The van der Waals surface area contributed by atoms with Crippen LogP contribution in [0.4, 0.5) is 4.39 Å². The zero-order chi connectivity index (χ0) is 13.2. The number of furan rings is 1. The summed E-state index contributed by atoms with van der Waals surface area (Å²) in [5.74, 6) is 0.172. The summed E-state index contributed by atoms with van der Waals surface area (Å²) in [6.07, 6.45) is 4.88. The van der Waals surface area contributed by atoms with Gasteiger partial charge in [0, 0.05) is 24.6 Å². The van der Waals surface area contributed by atoms with Crippen molar-refractivity contribution in [3.8, 4) is 5.75 Å². The third-order valence-electron chi connectivity index (χ3n) is 3.62. The lowest BCUT2D eigenvalue weighted by Gasteiger charge is -2.22. The number of fused-ring (bicyclic) bond motifs is 1. The Morgan fingerprint density at radius 3 is 3.11 bits per heavy atom. The first-order chi connectivity index (χ1) is 9.24. The van der Waals surface area contributed by atoms with E-state index in [1.165, 1.54) is 17.7 Å². The van der Waals surface area contributed by atoms with Crippen molar-refractivity contribution in [1.82, 2.24) is 5.32 Å². The van der Waals surface area contributed by atoms with Crippen molar-refractivity contribution in [1.29, 1.82) is 0 Å². The van der Waals surface area contributed by atoms with E-state index >= 15 is 0 Å². The molecular weight excluding hydrogens is 245 g/mol. The van der Waals surface area contributed by atoms with Gasteiger partial charge in [-0.05, 0) is 36.6 Å². The normalized spacial score (nSPS) is 18.3. The van der Waals surface area contributed by atoms with Gasteiger partial charge in [-0.15, -0.1) is 0 Å². The lowest BCUT2D eigenvalue weighted by molar-refractivity contribution is 0.409. The highest BCUT2D eigenvalue weighted by atomic mass is 19.1. The summed E-state index contributed by atoms with van der Waals surface area (Å²) in [5.41, 5.74) is 2.04. The highest BCUT2D eigenvalue weighted by Crippen LogP contribution is 2.30. The summed E-state index contributed by atoms with van der Waals surface area (Å²) in [6.45, 7) is 0.576. The van der Waals surface area contributed by atoms with Gasteiger partial charge < -0.3 is 14.8 Å². The number of hydrogen-bond acceptors (Lipinski definition) is 3. The zero-order valence-corrected chi connectivity index (χ0v) is 10.5. The van der Waals surface area contributed by atoms with Crippen LogP contribution in [0.2, 0.25) is 0 Å². The molecule has 4 heteroatoms. The molecule has 0 amide bonds. The fraction of sp³-hybridized carbons (Fsp3) is 0.333. The average Bonchev–Trinajstić information content (AvgIpc) is 2.89. The molecule has 0 aliphatic heterocycles. The molecule has 0 bridgehead atoms. The topological polar surface area (TPSA) is 45.4 Å². The van der Waals surface area contributed by atoms with Crippen LogP contribution in [0.5, 0.6) is 5.75 Å². The number of halogens is 1. The van der Waals surface area contributed by atoms with E-state index in [2.05, 4.69) is 5.32 Å². The summed E-state index contributed by atoms with van der Waals surface area (Å²) in [7, 11) is 0. The van der Waals surface area contributed by atoms with Crippen molar-refractivity contribution in [2.45, 2.75) is 31.8 Å². The molecule has 19 heavy (non-hydrogen) atoms. The number of phenolic OH excluding ortho intramolecular Hbond substituents is 1. The Hall–Kier alpha value is -1.81. The van der Waals surface area contributed by atoms with Crippen molar-refractivity contribution in [3.63, 3.8) is 0 Å². The van der Waals surface area contributed by atoms with Crippen LogP contribution in [0.3, 0.4) is 0 Å². The number of benzene rings is 1. The second-order valence-electron chi connectivity index (χ2n) is 4.91. The fourth-order valence-corrected chi connectivity index (χ4v) is 2.60. The van der Waals surface area contributed by atoms with Crippen molar-refractivity contribution >= 4 is 0 Å². The highest BCUT2D eigenvalue weighted by molar-refractivity contribution is 5.29. The molecule has 3 rings (SSSR count). The molecule has 1 unspecified atom stereocenters. The van der Waals surface area contributed by atoms with Gasteiger partial charge in [-0.25, -0.2) is 4.39 Å². The molecule has 1 aromatic carbocycles. The smallest absolute Gasteiger partial charge is 0.165 e. The standard InChI is InChI=1S/C15H16FNO2/c16-12-8-10(4-5-14(12)18)9-17-13-2-1-3-15-11(13)6-7-19-15/h4-8,13,17-18H,1-3,9H2. The van der Waals surface area contributed by atoms with Crippen LogP contribution in [0.1, 0.15) is 35.8 Å². The van der Waals surface area contributed by atoms with Crippen LogP contribution in [-0.2, 0) is 13.0 Å². The minimum atomic E-state index is -0.577. The van der Waals surface area contributed by atoms with Crippen molar-refractivity contribution in [3.05, 3.63) is 53.2 Å². The van der Waals surface area contributed by atoms with Crippen LogP contribution < -0.4 is 5.32 Å².